The molecule has 0 unspecified atom stereocenters. The highest BCUT2D eigenvalue weighted by atomic mass is 16.3. The summed E-state index contributed by atoms with van der Waals surface area (Å²) >= 11 is 0. The summed E-state index contributed by atoms with van der Waals surface area (Å²) in [5.41, 5.74) is 4.63. The van der Waals surface area contributed by atoms with E-state index in [2.05, 4.69) is 10.6 Å². The minimum Gasteiger partial charge on any atom is -0.508 e. The number of hydrogen-bond acceptors (Lipinski definition) is 2. The maximum absolute atomic E-state index is 12.0. The van der Waals surface area contributed by atoms with E-state index < -0.39 is 0 Å². The van der Waals surface area contributed by atoms with Crippen molar-refractivity contribution in [2.45, 2.75) is 6.92 Å². The minimum atomic E-state index is -0.277. The first kappa shape index (κ1) is 17.3. The molecule has 3 aromatic carbocycles. The van der Waals surface area contributed by atoms with Crippen molar-refractivity contribution < 1.29 is 9.90 Å². The van der Waals surface area contributed by atoms with Crippen LogP contribution in [-0.2, 0) is 0 Å². The molecule has 0 aromatic heterocycles. The minimum absolute atomic E-state index is 0.251. The SMILES string of the molecule is Cc1ccc(NC(=O)Nc2ccc(/C=C/c3ccc(O)cc3)cc2)cc1. The van der Waals surface area contributed by atoms with Crippen LogP contribution in [0.4, 0.5) is 16.2 Å². The van der Waals surface area contributed by atoms with Gasteiger partial charge in [0.2, 0.25) is 0 Å². The van der Waals surface area contributed by atoms with Gasteiger partial charge >= 0.3 is 6.03 Å². The number of hydrogen-bond donors (Lipinski definition) is 3. The van der Waals surface area contributed by atoms with E-state index in [0.717, 1.165) is 28.1 Å². The van der Waals surface area contributed by atoms with E-state index in [9.17, 15) is 9.90 Å². The van der Waals surface area contributed by atoms with Gasteiger partial charge in [-0.3, -0.25) is 0 Å². The largest absolute Gasteiger partial charge is 0.508 e. The smallest absolute Gasteiger partial charge is 0.323 e. The molecule has 0 saturated heterocycles. The number of amides is 2. The van der Waals surface area contributed by atoms with Crippen molar-refractivity contribution in [3.05, 3.63) is 89.5 Å². The van der Waals surface area contributed by atoms with Gasteiger partial charge in [-0.05, 0) is 54.4 Å². The lowest BCUT2D eigenvalue weighted by Gasteiger charge is -2.08. The Morgan fingerprint density at radius 1 is 0.731 bits per heavy atom. The number of carbonyl (C=O) groups is 1. The molecule has 130 valence electrons. The molecule has 0 fully saturated rings. The molecule has 0 saturated carbocycles. The Balaban J connectivity index is 1.57. The lowest BCUT2D eigenvalue weighted by molar-refractivity contribution is 0.262. The van der Waals surface area contributed by atoms with Crippen molar-refractivity contribution in [2.24, 2.45) is 0 Å². The number of aryl methyl sites for hydroxylation is 1. The van der Waals surface area contributed by atoms with Crippen molar-refractivity contribution in [3.8, 4) is 5.75 Å². The fourth-order valence-electron chi connectivity index (χ4n) is 2.39. The molecule has 0 atom stereocenters. The third-order valence-electron chi connectivity index (χ3n) is 3.84. The predicted octanol–water partition coefficient (Wildman–Crippen LogP) is 5.52. The van der Waals surface area contributed by atoms with E-state index in [4.69, 9.17) is 0 Å². The van der Waals surface area contributed by atoms with Gasteiger partial charge in [-0.1, -0.05) is 54.1 Å². The van der Waals surface area contributed by atoms with Crippen LogP contribution in [0, 0.1) is 6.92 Å². The van der Waals surface area contributed by atoms with Crippen molar-refractivity contribution in [2.75, 3.05) is 10.6 Å². The Kier molecular flexibility index (Phi) is 5.34. The summed E-state index contributed by atoms with van der Waals surface area (Å²) in [6, 6.07) is 21.9. The maximum Gasteiger partial charge on any atom is 0.323 e. The lowest BCUT2D eigenvalue weighted by atomic mass is 10.1. The Hall–Kier alpha value is -3.53. The second-order valence-electron chi connectivity index (χ2n) is 5.99. The summed E-state index contributed by atoms with van der Waals surface area (Å²) in [4.78, 5) is 12.0. The van der Waals surface area contributed by atoms with Crippen LogP contribution in [0.15, 0.2) is 72.8 Å². The zero-order chi connectivity index (χ0) is 18.4. The third kappa shape index (κ3) is 4.98. The Labute approximate surface area is 152 Å². The van der Waals surface area contributed by atoms with Gasteiger partial charge in [0, 0.05) is 11.4 Å². The molecule has 3 rings (SSSR count). The standard InChI is InChI=1S/C22H20N2O2/c1-16-2-10-19(11-3-16)23-22(26)24-20-12-6-17(7-13-20)4-5-18-8-14-21(25)15-9-18/h2-15,25H,1H3,(H2,23,24,26)/b5-4+. The first-order valence-corrected chi connectivity index (χ1v) is 8.30. The van der Waals surface area contributed by atoms with E-state index in [1.165, 1.54) is 0 Å². The van der Waals surface area contributed by atoms with Crippen LogP contribution in [-0.4, -0.2) is 11.1 Å². The molecule has 3 N–H and O–H groups in total. The molecular weight excluding hydrogens is 324 g/mol. The van der Waals surface area contributed by atoms with E-state index in [0.29, 0.717) is 0 Å². The van der Waals surface area contributed by atoms with Crippen LogP contribution < -0.4 is 10.6 Å². The maximum atomic E-state index is 12.0. The number of anilines is 2. The Morgan fingerprint density at radius 2 is 1.15 bits per heavy atom. The molecule has 4 heteroatoms. The summed E-state index contributed by atoms with van der Waals surface area (Å²) in [5.74, 6) is 0.251. The van der Waals surface area contributed by atoms with Gasteiger partial charge in [-0.15, -0.1) is 0 Å². The molecule has 0 heterocycles. The number of aromatic hydroxyl groups is 1. The van der Waals surface area contributed by atoms with Crippen molar-refractivity contribution in [3.63, 3.8) is 0 Å². The monoisotopic (exact) mass is 344 g/mol. The predicted molar refractivity (Wildman–Crippen MR) is 107 cm³/mol. The van der Waals surface area contributed by atoms with Crippen LogP contribution in [0.5, 0.6) is 5.75 Å². The molecule has 26 heavy (non-hydrogen) atoms. The molecule has 0 bridgehead atoms. The summed E-state index contributed by atoms with van der Waals surface area (Å²) in [5, 5.41) is 14.9. The number of urea groups is 1. The molecule has 0 spiro atoms. The van der Waals surface area contributed by atoms with Crippen LogP contribution in [0.25, 0.3) is 12.2 Å². The van der Waals surface area contributed by atoms with Crippen molar-refractivity contribution >= 4 is 29.6 Å². The Bertz CT molecular complexity index is 896. The topological polar surface area (TPSA) is 61.4 Å². The number of phenols is 1. The molecular formula is C22H20N2O2. The normalized spacial score (nSPS) is 10.7. The van der Waals surface area contributed by atoms with Gasteiger partial charge in [0.05, 0.1) is 0 Å². The quantitative estimate of drug-likeness (QED) is 0.546. The molecule has 0 aliphatic carbocycles. The molecule has 0 aliphatic rings. The molecule has 4 nitrogen and oxygen atoms in total. The first-order chi connectivity index (χ1) is 12.6. The van der Waals surface area contributed by atoms with E-state index in [1.54, 1.807) is 12.1 Å². The summed E-state index contributed by atoms with van der Waals surface area (Å²) < 4.78 is 0. The van der Waals surface area contributed by atoms with Gasteiger partial charge in [0.1, 0.15) is 5.75 Å². The number of carbonyl (C=O) groups excluding carboxylic acids is 1. The van der Waals surface area contributed by atoms with Gasteiger partial charge in [-0.2, -0.15) is 0 Å². The van der Waals surface area contributed by atoms with Crippen LogP contribution in [0.1, 0.15) is 16.7 Å². The van der Waals surface area contributed by atoms with Gasteiger partial charge in [-0.25, -0.2) is 4.79 Å². The number of phenolic OH excluding ortho intramolecular Hbond substituents is 1. The van der Waals surface area contributed by atoms with Gasteiger partial charge < -0.3 is 15.7 Å². The molecule has 2 amide bonds. The van der Waals surface area contributed by atoms with Crippen LogP contribution in [0.2, 0.25) is 0 Å². The summed E-state index contributed by atoms with van der Waals surface area (Å²) in [6.07, 6.45) is 3.94. The number of nitrogens with one attached hydrogen (secondary N) is 2. The average molecular weight is 344 g/mol. The van der Waals surface area contributed by atoms with E-state index >= 15 is 0 Å². The average Bonchev–Trinajstić information content (AvgIpc) is 2.64. The molecule has 0 aliphatic heterocycles. The fourth-order valence-corrected chi connectivity index (χ4v) is 2.39. The zero-order valence-electron chi connectivity index (χ0n) is 14.4. The zero-order valence-corrected chi connectivity index (χ0v) is 14.4. The summed E-state index contributed by atoms with van der Waals surface area (Å²) in [7, 11) is 0. The summed E-state index contributed by atoms with van der Waals surface area (Å²) in [6.45, 7) is 2.00. The van der Waals surface area contributed by atoms with E-state index in [1.807, 2.05) is 79.7 Å². The highest BCUT2D eigenvalue weighted by Gasteiger charge is 2.02. The lowest BCUT2D eigenvalue weighted by Crippen LogP contribution is -2.19. The van der Waals surface area contributed by atoms with E-state index in [-0.39, 0.29) is 11.8 Å². The van der Waals surface area contributed by atoms with Crippen LogP contribution >= 0.6 is 0 Å². The van der Waals surface area contributed by atoms with Crippen molar-refractivity contribution in [1.29, 1.82) is 0 Å². The third-order valence-corrected chi connectivity index (χ3v) is 3.84. The van der Waals surface area contributed by atoms with Crippen LogP contribution in [0.3, 0.4) is 0 Å². The van der Waals surface area contributed by atoms with Gasteiger partial charge in [0.15, 0.2) is 0 Å². The highest BCUT2D eigenvalue weighted by molar-refractivity contribution is 5.99. The second kappa shape index (κ2) is 8.03. The van der Waals surface area contributed by atoms with Crippen molar-refractivity contribution in [1.82, 2.24) is 0 Å². The number of rotatable bonds is 4. The van der Waals surface area contributed by atoms with Gasteiger partial charge in [0.25, 0.3) is 0 Å². The fraction of sp³-hybridized carbons (Fsp3) is 0.0455. The first-order valence-electron chi connectivity index (χ1n) is 8.30. The number of benzene rings is 3. The second-order valence-corrected chi connectivity index (χ2v) is 5.99. The highest BCUT2D eigenvalue weighted by Crippen LogP contribution is 2.15. The molecule has 3 aromatic rings. The molecule has 0 radical (unpaired) electrons. The Morgan fingerprint density at radius 3 is 1.65 bits per heavy atom.